The number of hydrogen-bond donors (Lipinski definition) is 2. The van der Waals surface area contributed by atoms with Gasteiger partial charge in [-0.2, -0.15) is 0 Å². The summed E-state index contributed by atoms with van der Waals surface area (Å²) in [7, 11) is 0. The highest BCUT2D eigenvalue weighted by Crippen LogP contribution is 2.36. The normalized spacial score (nSPS) is 13.7. The fourth-order valence-corrected chi connectivity index (χ4v) is 2.29. The van der Waals surface area contributed by atoms with Crippen LogP contribution in [0.3, 0.4) is 0 Å². The molecule has 1 aliphatic heterocycles. The number of para-hydroxylation sites is 1. The lowest BCUT2D eigenvalue weighted by Crippen LogP contribution is -1.98. The van der Waals surface area contributed by atoms with Gasteiger partial charge in [0.05, 0.1) is 29.6 Å². The van der Waals surface area contributed by atoms with E-state index in [1.54, 1.807) is 12.1 Å². The third kappa shape index (κ3) is 2.60. The van der Waals surface area contributed by atoms with Gasteiger partial charge in [-0.3, -0.25) is 0 Å². The molecule has 0 aromatic heterocycles. The van der Waals surface area contributed by atoms with Gasteiger partial charge in [0.15, 0.2) is 11.5 Å². The largest absolute Gasteiger partial charge is 0.490 e. The molecule has 1 heterocycles. The quantitative estimate of drug-likeness (QED) is 0.826. The molecule has 1 aliphatic rings. The molecule has 0 aliphatic carbocycles. The minimum Gasteiger partial charge on any atom is -0.490 e. The SMILES string of the molecule is Nc1cccc(Cl)c1Nc1ccc2c(c1)OCCCO2. The zero-order chi connectivity index (χ0) is 13.9. The van der Waals surface area contributed by atoms with Crippen molar-refractivity contribution >= 4 is 28.7 Å². The van der Waals surface area contributed by atoms with Gasteiger partial charge < -0.3 is 20.5 Å². The van der Waals surface area contributed by atoms with Crippen molar-refractivity contribution in [2.24, 2.45) is 0 Å². The van der Waals surface area contributed by atoms with E-state index in [1.165, 1.54) is 0 Å². The number of rotatable bonds is 2. The second kappa shape index (κ2) is 5.51. The van der Waals surface area contributed by atoms with E-state index in [0.29, 0.717) is 29.6 Å². The van der Waals surface area contributed by atoms with E-state index in [1.807, 2.05) is 24.3 Å². The molecule has 0 unspecified atom stereocenters. The summed E-state index contributed by atoms with van der Waals surface area (Å²) in [6, 6.07) is 11.1. The second-order valence-electron chi connectivity index (χ2n) is 4.54. The van der Waals surface area contributed by atoms with Crippen LogP contribution in [0.25, 0.3) is 0 Å². The van der Waals surface area contributed by atoms with Crippen LogP contribution in [0.2, 0.25) is 5.02 Å². The minimum absolute atomic E-state index is 0.581. The maximum atomic E-state index is 6.15. The van der Waals surface area contributed by atoms with Crippen molar-refractivity contribution in [1.82, 2.24) is 0 Å². The molecule has 0 fully saturated rings. The van der Waals surface area contributed by atoms with E-state index >= 15 is 0 Å². The van der Waals surface area contributed by atoms with Gasteiger partial charge in [-0.25, -0.2) is 0 Å². The monoisotopic (exact) mass is 290 g/mol. The van der Waals surface area contributed by atoms with Crippen LogP contribution in [0.5, 0.6) is 11.5 Å². The molecule has 0 spiro atoms. The number of nitrogens with two attached hydrogens (primary N) is 1. The highest BCUT2D eigenvalue weighted by atomic mass is 35.5. The Morgan fingerprint density at radius 1 is 1.05 bits per heavy atom. The van der Waals surface area contributed by atoms with Gasteiger partial charge in [0, 0.05) is 18.2 Å². The molecule has 0 amide bonds. The second-order valence-corrected chi connectivity index (χ2v) is 4.95. The molecule has 3 N–H and O–H groups in total. The summed E-state index contributed by atoms with van der Waals surface area (Å²) < 4.78 is 11.3. The van der Waals surface area contributed by atoms with E-state index < -0.39 is 0 Å². The predicted octanol–water partition coefficient (Wildman–Crippen LogP) is 3.83. The van der Waals surface area contributed by atoms with Gasteiger partial charge >= 0.3 is 0 Å². The maximum absolute atomic E-state index is 6.15. The number of fused-ring (bicyclic) bond motifs is 1. The van der Waals surface area contributed by atoms with Crippen LogP contribution in [0, 0.1) is 0 Å². The van der Waals surface area contributed by atoms with Gasteiger partial charge in [-0.15, -0.1) is 0 Å². The molecule has 0 bridgehead atoms. The molecule has 2 aromatic rings. The predicted molar refractivity (Wildman–Crippen MR) is 81.2 cm³/mol. The third-order valence-corrected chi connectivity index (χ3v) is 3.38. The number of ether oxygens (including phenoxy) is 2. The molecular formula is C15H15ClN2O2. The zero-order valence-electron chi connectivity index (χ0n) is 10.9. The van der Waals surface area contributed by atoms with Crippen molar-refractivity contribution in [3.05, 3.63) is 41.4 Å². The number of nitrogen functional groups attached to an aromatic ring is 1. The van der Waals surface area contributed by atoms with Crippen LogP contribution >= 0.6 is 11.6 Å². The standard InChI is InChI=1S/C15H15ClN2O2/c16-11-3-1-4-12(17)15(11)18-10-5-6-13-14(9-10)20-8-2-7-19-13/h1,3-6,9,18H,2,7-8,17H2. The van der Waals surface area contributed by atoms with Crippen molar-refractivity contribution in [3.8, 4) is 11.5 Å². The van der Waals surface area contributed by atoms with Gasteiger partial charge in [-0.1, -0.05) is 17.7 Å². The summed E-state index contributed by atoms with van der Waals surface area (Å²) in [4.78, 5) is 0. The first kappa shape index (κ1) is 12.9. The first-order valence-corrected chi connectivity index (χ1v) is 6.82. The smallest absolute Gasteiger partial charge is 0.163 e. The van der Waals surface area contributed by atoms with Crippen molar-refractivity contribution in [2.75, 3.05) is 24.3 Å². The molecular weight excluding hydrogens is 276 g/mol. The molecule has 0 atom stereocenters. The minimum atomic E-state index is 0.581. The molecule has 3 rings (SSSR count). The average molecular weight is 291 g/mol. The fraction of sp³-hybridized carbons (Fsp3) is 0.200. The Kier molecular flexibility index (Phi) is 3.56. The van der Waals surface area contributed by atoms with Crippen molar-refractivity contribution in [1.29, 1.82) is 0 Å². The van der Waals surface area contributed by atoms with Gasteiger partial charge in [0.25, 0.3) is 0 Å². The number of halogens is 1. The highest BCUT2D eigenvalue weighted by Gasteiger charge is 2.12. The summed E-state index contributed by atoms with van der Waals surface area (Å²) in [5, 5.41) is 3.80. The van der Waals surface area contributed by atoms with Crippen molar-refractivity contribution in [2.45, 2.75) is 6.42 Å². The fourth-order valence-electron chi connectivity index (χ4n) is 2.06. The Morgan fingerprint density at radius 2 is 1.85 bits per heavy atom. The van der Waals surface area contributed by atoms with Gasteiger partial charge in [0.2, 0.25) is 0 Å². The van der Waals surface area contributed by atoms with Crippen LogP contribution in [-0.4, -0.2) is 13.2 Å². The third-order valence-electron chi connectivity index (χ3n) is 3.06. The molecule has 0 saturated carbocycles. The Morgan fingerprint density at radius 3 is 2.65 bits per heavy atom. The Bertz CT molecular complexity index is 611. The molecule has 20 heavy (non-hydrogen) atoms. The van der Waals surface area contributed by atoms with Crippen LogP contribution in [0.1, 0.15) is 6.42 Å². The van der Waals surface area contributed by atoms with Crippen molar-refractivity contribution in [3.63, 3.8) is 0 Å². The number of hydrogen-bond acceptors (Lipinski definition) is 4. The van der Waals surface area contributed by atoms with E-state index in [4.69, 9.17) is 26.8 Å². The molecule has 4 nitrogen and oxygen atoms in total. The van der Waals surface area contributed by atoms with E-state index in [0.717, 1.165) is 23.6 Å². The topological polar surface area (TPSA) is 56.5 Å². The zero-order valence-corrected chi connectivity index (χ0v) is 11.6. The summed E-state index contributed by atoms with van der Waals surface area (Å²) in [6.45, 7) is 1.34. The maximum Gasteiger partial charge on any atom is 0.163 e. The Hall–Kier alpha value is -2.07. The summed E-state index contributed by atoms with van der Waals surface area (Å²) >= 11 is 6.15. The van der Waals surface area contributed by atoms with Crippen LogP contribution < -0.4 is 20.5 Å². The summed E-state index contributed by atoms with van der Waals surface area (Å²) in [6.07, 6.45) is 0.884. The van der Waals surface area contributed by atoms with E-state index in [-0.39, 0.29) is 0 Å². The molecule has 2 aromatic carbocycles. The van der Waals surface area contributed by atoms with Crippen LogP contribution in [0.4, 0.5) is 17.1 Å². The molecule has 0 saturated heterocycles. The van der Waals surface area contributed by atoms with Crippen LogP contribution in [-0.2, 0) is 0 Å². The number of benzene rings is 2. The van der Waals surface area contributed by atoms with Gasteiger partial charge in [-0.05, 0) is 24.3 Å². The Balaban J connectivity index is 1.90. The van der Waals surface area contributed by atoms with Gasteiger partial charge in [0.1, 0.15) is 0 Å². The first-order valence-electron chi connectivity index (χ1n) is 6.45. The van der Waals surface area contributed by atoms with E-state index in [2.05, 4.69) is 5.32 Å². The lowest BCUT2D eigenvalue weighted by atomic mass is 10.2. The summed E-state index contributed by atoms with van der Waals surface area (Å²) in [5.41, 5.74) is 8.08. The Labute approximate surface area is 122 Å². The lowest BCUT2D eigenvalue weighted by Gasteiger charge is -2.13. The van der Waals surface area contributed by atoms with E-state index in [9.17, 15) is 0 Å². The summed E-state index contributed by atoms with van der Waals surface area (Å²) in [5.74, 6) is 1.50. The average Bonchev–Trinajstić information content (AvgIpc) is 2.68. The number of anilines is 3. The van der Waals surface area contributed by atoms with Crippen LogP contribution in [0.15, 0.2) is 36.4 Å². The molecule has 104 valence electrons. The number of nitrogens with one attached hydrogen (secondary N) is 1. The highest BCUT2D eigenvalue weighted by molar-refractivity contribution is 6.34. The lowest BCUT2D eigenvalue weighted by molar-refractivity contribution is 0.297. The molecule has 5 heteroatoms. The van der Waals surface area contributed by atoms with Crippen molar-refractivity contribution < 1.29 is 9.47 Å². The molecule has 0 radical (unpaired) electrons. The first-order chi connectivity index (χ1) is 9.74.